The van der Waals surface area contributed by atoms with Crippen LogP contribution in [-0.2, 0) is 6.54 Å². The lowest BCUT2D eigenvalue weighted by molar-refractivity contribution is 0.531. The standard InChI is InChI=1S/C21H25F2N5S.ClH/c1-13(2)19-12-26-21-18(25-11-15-16(22)4-3-5-17(15)23)10-20(27-28(19)21)29-14-6-8-24-9-7-14;/h3-5,10,12-14,24-25H,6-9,11H2,1-2H3;1H. The fraction of sp³-hybridized carbons (Fsp3) is 0.429. The molecule has 2 N–H and O–H groups in total. The SMILES string of the molecule is CC(C)c1cnc2c(NCc3c(F)cccc3F)cc(SC3CCNCC3)nn12.Cl. The van der Waals surface area contributed by atoms with Crippen LogP contribution in [0.25, 0.3) is 5.65 Å². The summed E-state index contributed by atoms with van der Waals surface area (Å²) in [6, 6.07) is 5.86. The van der Waals surface area contributed by atoms with E-state index in [2.05, 4.69) is 29.5 Å². The number of fused-ring (bicyclic) bond motifs is 1. The third kappa shape index (κ3) is 4.87. The molecule has 1 aliphatic rings. The van der Waals surface area contributed by atoms with Crippen molar-refractivity contribution in [2.75, 3.05) is 18.4 Å². The monoisotopic (exact) mass is 453 g/mol. The Balaban J connectivity index is 0.00000256. The van der Waals surface area contributed by atoms with E-state index in [1.54, 1.807) is 11.8 Å². The molecule has 4 rings (SSSR count). The smallest absolute Gasteiger partial charge is 0.177 e. The molecule has 0 amide bonds. The molecule has 2 aromatic heterocycles. The number of hydrogen-bond acceptors (Lipinski definition) is 5. The lowest BCUT2D eigenvalue weighted by Gasteiger charge is -2.22. The molecule has 9 heteroatoms. The van der Waals surface area contributed by atoms with Gasteiger partial charge in [0.2, 0.25) is 0 Å². The summed E-state index contributed by atoms with van der Waals surface area (Å²) in [5, 5.41) is 12.8. The normalized spacial score (nSPS) is 14.8. The number of rotatable bonds is 6. The van der Waals surface area contributed by atoms with Crippen molar-refractivity contribution in [2.45, 2.75) is 49.4 Å². The molecule has 162 valence electrons. The number of imidazole rings is 1. The maximum absolute atomic E-state index is 14.0. The van der Waals surface area contributed by atoms with E-state index in [4.69, 9.17) is 5.10 Å². The van der Waals surface area contributed by atoms with Gasteiger partial charge >= 0.3 is 0 Å². The number of hydrogen-bond donors (Lipinski definition) is 2. The summed E-state index contributed by atoms with van der Waals surface area (Å²) in [4.78, 5) is 4.52. The highest BCUT2D eigenvalue weighted by atomic mass is 35.5. The average molecular weight is 454 g/mol. The van der Waals surface area contributed by atoms with Crippen LogP contribution in [0.2, 0.25) is 0 Å². The van der Waals surface area contributed by atoms with Crippen LogP contribution < -0.4 is 10.6 Å². The zero-order valence-corrected chi connectivity index (χ0v) is 18.6. The number of nitrogens with one attached hydrogen (secondary N) is 2. The molecular weight excluding hydrogens is 428 g/mol. The predicted octanol–water partition coefficient (Wildman–Crippen LogP) is 5.01. The topological polar surface area (TPSA) is 54.2 Å². The highest BCUT2D eigenvalue weighted by Crippen LogP contribution is 2.31. The van der Waals surface area contributed by atoms with Crippen LogP contribution in [0.3, 0.4) is 0 Å². The van der Waals surface area contributed by atoms with Crippen molar-refractivity contribution in [1.29, 1.82) is 0 Å². The van der Waals surface area contributed by atoms with Gasteiger partial charge in [-0.3, -0.25) is 0 Å². The van der Waals surface area contributed by atoms with Crippen LogP contribution in [0, 0.1) is 11.6 Å². The summed E-state index contributed by atoms with van der Waals surface area (Å²) in [6.07, 6.45) is 4.00. The molecule has 30 heavy (non-hydrogen) atoms. The Hall–Kier alpha value is -1.90. The number of halogens is 3. The molecule has 0 spiro atoms. The molecule has 1 saturated heterocycles. The Morgan fingerprint density at radius 3 is 2.60 bits per heavy atom. The molecule has 1 fully saturated rings. The molecule has 0 atom stereocenters. The van der Waals surface area contributed by atoms with Gasteiger partial charge in [0.15, 0.2) is 5.65 Å². The van der Waals surface area contributed by atoms with Gasteiger partial charge in [-0.2, -0.15) is 5.10 Å². The maximum atomic E-state index is 14.0. The van der Waals surface area contributed by atoms with Gasteiger partial charge in [-0.05, 0) is 50.0 Å². The molecule has 1 aliphatic heterocycles. The molecule has 3 heterocycles. The quantitative estimate of drug-likeness (QED) is 0.549. The van der Waals surface area contributed by atoms with E-state index in [1.807, 2.05) is 16.8 Å². The van der Waals surface area contributed by atoms with Crippen molar-refractivity contribution in [3.63, 3.8) is 0 Å². The van der Waals surface area contributed by atoms with Crippen LogP contribution in [0.4, 0.5) is 14.5 Å². The number of anilines is 1. The molecule has 5 nitrogen and oxygen atoms in total. The second kappa shape index (κ2) is 9.94. The van der Waals surface area contributed by atoms with E-state index in [1.165, 1.54) is 18.2 Å². The molecule has 0 bridgehead atoms. The summed E-state index contributed by atoms with van der Waals surface area (Å²) in [7, 11) is 0. The largest absolute Gasteiger partial charge is 0.378 e. The van der Waals surface area contributed by atoms with Crippen LogP contribution in [0.5, 0.6) is 0 Å². The maximum Gasteiger partial charge on any atom is 0.177 e. The Morgan fingerprint density at radius 1 is 1.23 bits per heavy atom. The number of piperidine rings is 1. The zero-order chi connectivity index (χ0) is 20.4. The fourth-order valence-corrected chi connectivity index (χ4v) is 4.64. The number of thioether (sulfide) groups is 1. The van der Waals surface area contributed by atoms with Gasteiger partial charge in [0.25, 0.3) is 0 Å². The van der Waals surface area contributed by atoms with Gasteiger partial charge in [0.1, 0.15) is 16.7 Å². The van der Waals surface area contributed by atoms with Crippen LogP contribution in [-0.4, -0.2) is 32.9 Å². The summed E-state index contributed by atoms with van der Waals surface area (Å²) in [6.45, 7) is 6.26. The van der Waals surface area contributed by atoms with Gasteiger partial charge in [0, 0.05) is 17.4 Å². The van der Waals surface area contributed by atoms with Gasteiger partial charge in [-0.25, -0.2) is 18.3 Å². The van der Waals surface area contributed by atoms with E-state index in [-0.39, 0.29) is 30.4 Å². The lowest BCUT2D eigenvalue weighted by Crippen LogP contribution is -2.29. The minimum absolute atomic E-state index is 0. The lowest BCUT2D eigenvalue weighted by atomic mass is 10.1. The van der Waals surface area contributed by atoms with Gasteiger partial charge in [-0.15, -0.1) is 24.2 Å². The first-order valence-corrected chi connectivity index (χ1v) is 10.8. The van der Waals surface area contributed by atoms with Gasteiger partial charge in [-0.1, -0.05) is 19.9 Å². The van der Waals surface area contributed by atoms with Crippen molar-refractivity contribution in [3.05, 3.63) is 53.4 Å². The van der Waals surface area contributed by atoms with Gasteiger partial charge in [0.05, 0.1) is 17.6 Å². The summed E-state index contributed by atoms with van der Waals surface area (Å²) >= 11 is 1.76. The molecule has 3 aromatic rings. The number of benzene rings is 1. The second-order valence-electron chi connectivity index (χ2n) is 7.59. The van der Waals surface area contributed by atoms with E-state index >= 15 is 0 Å². The average Bonchev–Trinajstić information content (AvgIpc) is 3.13. The highest BCUT2D eigenvalue weighted by molar-refractivity contribution is 7.99. The minimum atomic E-state index is -0.557. The van der Waals surface area contributed by atoms with E-state index < -0.39 is 11.6 Å². The third-order valence-corrected chi connectivity index (χ3v) is 6.40. The zero-order valence-electron chi connectivity index (χ0n) is 17.0. The highest BCUT2D eigenvalue weighted by Gasteiger charge is 2.19. The Kier molecular flexibility index (Phi) is 7.55. The van der Waals surface area contributed by atoms with Gasteiger partial charge < -0.3 is 10.6 Å². The predicted molar refractivity (Wildman–Crippen MR) is 120 cm³/mol. The van der Waals surface area contributed by atoms with Crippen LogP contribution >= 0.6 is 24.2 Å². The molecule has 0 saturated carbocycles. The van der Waals surface area contributed by atoms with Crippen LogP contribution in [0.1, 0.15) is 43.9 Å². The van der Waals surface area contributed by atoms with Crippen molar-refractivity contribution < 1.29 is 8.78 Å². The fourth-order valence-electron chi connectivity index (χ4n) is 3.51. The third-order valence-electron chi connectivity index (χ3n) is 5.15. The molecular formula is C21H26ClF2N5S. The first kappa shape index (κ1) is 22.8. The molecule has 0 aliphatic carbocycles. The van der Waals surface area contributed by atoms with E-state index in [0.29, 0.717) is 10.9 Å². The summed E-state index contributed by atoms with van der Waals surface area (Å²) in [5.41, 5.74) is 2.42. The molecule has 1 aromatic carbocycles. The molecule has 0 unspecified atom stereocenters. The van der Waals surface area contributed by atoms with E-state index in [9.17, 15) is 8.78 Å². The first-order chi connectivity index (χ1) is 14.0. The van der Waals surface area contributed by atoms with Crippen molar-refractivity contribution in [2.24, 2.45) is 0 Å². The Morgan fingerprint density at radius 2 is 1.93 bits per heavy atom. The number of nitrogens with zero attached hydrogens (tertiary/aromatic N) is 3. The van der Waals surface area contributed by atoms with Crippen molar-refractivity contribution in [1.82, 2.24) is 19.9 Å². The minimum Gasteiger partial charge on any atom is -0.378 e. The second-order valence-corrected chi connectivity index (χ2v) is 8.91. The number of aromatic nitrogens is 3. The molecule has 0 radical (unpaired) electrons. The summed E-state index contributed by atoms with van der Waals surface area (Å²) in [5.74, 6) is -0.857. The Bertz CT molecular complexity index is 984. The first-order valence-electron chi connectivity index (χ1n) is 9.95. The Labute approximate surface area is 185 Å². The summed E-state index contributed by atoms with van der Waals surface area (Å²) < 4.78 is 29.9. The van der Waals surface area contributed by atoms with E-state index in [0.717, 1.165) is 42.3 Å². The van der Waals surface area contributed by atoms with Crippen LogP contribution in [0.15, 0.2) is 35.5 Å². The van der Waals surface area contributed by atoms with Crippen molar-refractivity contribution >= 4 is 35.5 Å². The van der Waals surface area contributed by atoms with Crippen molar-refractivity contribution in [3.8, 4) is 0 Å².